The molecule has 1 saturated carbocycles. The van der Waals surface area contributed by atoms with E-state index >= 15 is 0 Å². The van der Waals surface area contributed by atoms with E-state index in [9.17, 15) is 0 Å². The molecule has 1 aromatic rings. The Morgan fingerprint density at radius 1 is 1.25 bits per heavy atom. The third kappa shape index (κ3) is 2.56. The first kappa shape index (κ1) is 11.5. The highest BCUT2D eigenvalue weighted by Crippen LogP contribution is 2.25. The highest BCUT2D eigenvalue weighted by Gasteiger charge is 2.24. The fraction of sp³-hybridized carbons (Fsp3) is 0.571. The van der Waals surface area contributed by atoms with Gasteiger partial charge in [0.25, 0.3) is 0 Å². The first-order valence-corrected chi connectivity index (χ1v) is 6.17. The lowest BCUT2D eigenvalue weighted by Crippen LogP contribution is -2.42. The molecule has 0 bridgehead atoms. The van der Waals surface area contributed by atoms with E-state index in [1.165, 1.54) is 24.8 Å². The Morgan fingerprint density at radius 2 is 1.88 bits per heavy atom. The molecule has 1 fully saturated rings. The fourth-order valence-electron chi connectivity index (χ4n) is 2.05. The number of nitrogens with one attached hydrogen (secondary N) is 1. The standard InChI is InChI=1S/C14H22N2/c1-14(2,10-16-13-4-3-5-13)11-6-8-12(15)9-7-11/h6-9,13,16H,3-5,10,15H2,1-2H3. The lowest BCUT2D eigenvalue weighted by molar-refractivity contribution is 0.311. The Bertz CT molecular complexity index is 336. The number of nitrogens with two attached hydrogens (primary N) is 1. The monoisotopic (exact) mass is 218 g/mol. The van der Waals surface area contributed by atoms with E-state index in [2.05, 4.69) is 31.3 Å². The Hall–Kier alpha value is -1.02. The molecule has 2 heteroatoms. The molecule has 3 N–H and O–H groups in total. The van der Waals surface area contributed by atoms with Crippen molar-refractivity contribution in [2.24, 2.45) is 0 Å². The molecule has 0 saturated heterocycles. The van der Waals surface area contributed by atoms with Gasteiger partial charge in [-0.1, -0.05) is 32.4 Å². The van der Waals surface area contributed by atoms with Gasteiger partial charge in [-0.3, -0.25) is 0 Å². The van der Waals surface area contributed by atoms with Gasteiger partial charge in [0.1, 0.15) is 0 Å². The highest BCUT2D eigenvalue weighted by atomic mass is 14.9. The summed E-state index contributed by atoms with van der Waals surface area (Å²) in [6, 6.07) is 9.00. The van der Waals surface area contributed by atoms with Crippen LogP contribution in [0.2, 0.25) is 0 Å². The normalized spacial score (nSPS) is 17.1. The van der Waals surface area contributed by atoms with Crippen molar-refractivity contribution in [1.82, 2.24) is 5.32 Å². The molecule has 1 aliphatic rings. The van der Waals surface area contributed by atoms with Crippen LogP contribution in [0, 0.1) is 0 Å². The van der Waals surface area contributed by atoms with Crippen LogP contribution in [-0.2, 0) is 5.41 Å². The van der Waals surface area contributed by atoms with Gasteiger partial charge in [-0.15, -0.1) is 0 Å². The van der Waals surface area contributed by atoms with Crippen molar-refractivity contribution in [3.8, 4) is 0 Å². The van der Waals surface area contributed by atoms with Gasteiger partial charge in [-0.25, -0.2) is 0 Å². The summed E-state index contributed by atoms with van der Waals surface area (Å²) in [5.74, 6) is 0. The molecule has 0 heterocycles. The van der Waals surface area contributed by atoms with Crippen molar-refractivity contribution in [3.63, 3.8) is 0 Å². The third-order valence-corrected chi connectivity index (χ3v) is 3.63. The Morgan fingerprint density at radius 3 is 2.38 bits per heavy atom. The van der Waals surface area contributed by atoms with Crippen LogP contribution in [-0.4, -0.2) is 12.6 Å². The van der Waals surface area contributed by atoms with Gasteiger partial charge in [0.15, 0.2) is 0 Å². The van der Waals surface area contributed by atoms with Crippen LogP contribution in [0.1, 0.15) is 38.7 Å². The molecular weight excluding hydrogens is 196 g/mol. The number of hydrogen-bond donors (Lipinski definition) is 2. The first-order chi connectivity index (χ1) is 7.58. The number of benzene rings is 1. The predicted octanol–water partition coefficient (Wildman–Crippen LogP) is 2.69. The predicted molar refractivity (Wildman–Crippen MR) is 69.5 cm³/mol. The second-order valence-electron chi connectivity index (χ2n) is 5.51. The number of hydrogen-bond acceptors (Lipinski definition) is 2. The van der Waals surface area contributed by atoms with E-state index < -0.39 is 0 Å². The van der Waals surface area contributed by atoms with E-state index in [-0.39, 0.29) is 5.41 Å². The molecule has 0 unspecified atom stereocenters. The highest BCUT2D eigenvalue weighted by molar-refractivity contribution is 5.41. The molecule has 0 radical (unpaired) electrons. The minimum Gasteiger partial charge on any atom is -0.399 e. The smallest absolute Gasteiger partial charge is 0.0314 e. The molecule has 1 aromatic carbocycles. The van der Waals surface area contributed by atoms with Gasteiger partial charge < -0.3 is 11.1 Å². The largest absolute Gasteiger partial charge is 0.399 e. The SMILES string of the molecule is CC(C)(CNC1CCC1)c1ccc(N)cc1. The van der Waals surface area contributed by atoms with E-state index in [1.54, 1.807) is 0 Å². The van der Waals surface area contributed by atoms with Gasteiger partial charge in [-0.2, -0.15) is 0 Å². The Balaban J connectivity index is 1.96. The molecule has 2 rings (SSSR count). The van der Waals surface area contributed by atoms with E-state index in [0.717, 1.165) is 18.3 Å². The topological polar surface area (TPSA) is 38.0 Å². The summed E-state index contributed by atoms with van der Waals surface area (Å²) in [7, 11) is 0. The average Bonchev–Trinajstić information content (AvgIpc) is 2.15. The van der Waals surface area contributed by atoms with Gasteiger partial charge >= 0.3 is 0 Å². The summed E-state index contributed by atoms with van der Waals surface area (Å²) >= 11 is 0. The van der Waals surface area contributed by atoms with Crippen molar-refractivity contribution < 1.29 is 0 Å². The van der Waals surface area contributed by atoms with Crippen LogP contribution < -0.4 is 11.1 Å². The van der Waals surface area contributed by atoms with Gasteiger partial charge in [0, 0.05) is 23.7 Å². The average molecular weight is 218 g/mol. The molecule has 0 amide bonds. The van der Waals surface area contributed by atoms with Crippen molar-refractivity contribution in [2.75, 3.05) is 12.3 Å². The summed E-state index contributed by atoms with van der Waals surface area (Å²) in [4.78, 5) is 0. The van der Waals surface area contributed by atoms with Crippen LogP contribution in [0.4, 0.5) is 5.69 Å². The van der Waals surface area contributed by atoms with Crippen molar-refractivity contribution in [2.45, 2.75) is 44.6 Å². The molecule has 0 spiro atoms. The lowest BCUT2D eigenvalue weighted by atomic mass is 9.83. The molecule has 2 nitrogen and oxygen atoms in total. The molecule has 0 aliphatic heterocycles. The van der Waals surface area contributed by atoms with Gasteiger partial charge in [0.2, 0.25) is 0 Å². The summed E-state index contributed by atoms with van der Waals surface area (Å²) in [6.07, 6.45) is 4.08. The van der Waals surface area contributed by atoms with Crippen LogP contribution >= 0.6 is 0 Å². The Kier molecular flexibility index (Phi) is 3.20. The molecule has 0 aromatic heterocycles. The summed E-state index contributed by atoms with van der Waals surface area (Å²) in [5.41, 5.74) is 8.09. The quantitative estimate of drug-likeness (QED) is 0.763. The maximum atomic E-state index is 5.71. The second-order valence-corrected chi connectivity index (χ2v) is 5.51. The maximum absolute atomic E-state index is 5.71. The van der Waals surface area contributed by atoms with Crippen LogP contribution in [0.25, 0.3) is 0 Å². The van der Waals surface area contributed by atoms with E-state index in [0.29, 0.717) is 0 Å². The molecule has 0 atom stereocenters. The van der Waals surface area contributed by atoms with E-state index in [1.807, 2.05) is 12.1 Å². The minimum absolute atomic E-state index is 0.184. The summed E-state index contributed by atoms with van der Waals surface area (Å²) in [5, 5.41) is 3.64. The van der Waals surface area contributed by atoms with Crippen molar-refractivity contribution >= 4 is 5.69 Å². The number of anilines is 1. The summed E-state index contributed by atoms with van der Waals surface area (Å²) in [6.45, 7) is 5.61. The van der Waals surface area contributed by atoms with Crippen LogP contribution in [0.5, 0.6) is 0 Å². The molecule has 16 heavy (non-hydrogen) atoms. The van der Waals surface area contributed by atoms with Crippen LogP contribution in [0.3, 0.4) is 0 Å². The number of nitrogen functional groups attached to an aromatic ring is 1. The number of rotatable bonds is 4. The zero-order valence-electron chi connectivity index (χ0n) is 10.3. The molecule has 88 valence electrons. The first-order valence-electron chi connectivity index (χ1n) is 6.17. The van der Waals surface area contributed by atoms with Gasteiger partial charge in [-0.05, 0) is 30.5 Å². The molecular formula is C14H22N2. The van der Waals surface area contributed by atoms with Crippen molar-refractivity contribution in [1.29, 1.82) is 0 Å². The van der Waals surface area contributed by atoms with E-state index in [4.69, 9.17) is 5.73 Å². The lowest BCUT2D eigenvalue weighted by Gasteiger charge is -2.32. The zero-order chi connectivity index (χ0) is 11.6. The van der Waals surface area contributed by atoms with Gasteiger partial charge in [0.05, 0.1) is 0 Å². The zero-order valence-corrected chi connectivity index (χ0v) is 10.3. The summed E-state index contributed by atoms with van der Waals surface area (Å²) < 4.78 is 0. The van der Waals surface area contributed by atoms with Crippen LogP contribution in [0.15, 0.2) is 24.3 Å². The third-order valence-electron chi connectivity index (χ3n) is 3.63. The molecule has 1 aliphatic carbocycles. The second kappa shape index (κ2) is 4.46. The maximum Gasteiger partial charge on any atom is 0.0314 e. The van der Waals surface area contributed by atoms with Crippen molar-refractivity contribution in [3.05, 3.63) is 29.8 Å². The fourth-order valence-corrected chi connectivity index (χ4v) is 2.05. The minimum atomic E-state index is 0.184. The Labute approximate surface area is 98.2 Å².